The summed E-state index contributed by atoms with van der Waals surface area (Å²) in [5.74, 6) is -3.87. The number of carboxylic acid groups (broad SMARTS) is 1. The molecule has 150 valence electrons. The van der Waals surface area contributed by atoms with Crippen molar-refractivity contribution in [2.45, 2.75) is 12.8 Å². The number of nitrogens with one attached hydrogen (secondary N) is 2. The van der Waals surface area contributed by atoms with Gasteiger partial charge in [-0.3, -0.25) is 9.59 Å². The van der Waals surface area contributed by atoms with Crippen molar-refractivity contribution in [1.82, 2.24) is 0 Å². The summed E-state index contributed by atoms with van der Waals surface area (Å²) >= 11 is 11.9. The summed E-state index contributed by atoms with van der Waals surface area (Å²) in [6.45, 7) is 0. The fourth-order valence-corrected chi connectivity index (χ4v) is 3.45. The number of hydrogen-bond acceptors (Lipinski definition) is 4. The molecule has 0 fully saturated rings. The van der Waals surface area contributed by atoms with Gasteiger partial charge < -0.3 is 20.5 Å². The smallest absolute Gasteiger partial charge is 0.257 e. The number of anilines is 2. The van der Waals surface area contributed by atoms with E-state index in [1.165, 1.54) is 6.07 Å². The Hall–Kier alpha value is -2.83. The first-order valence-electron chi connectivity index (χ1n) is 8.89. The van der Waals surface area contributed by atoms with E-state index in [1.54, 1.807) is 48.6 Å². The third-order valence-corrected chi connectivity index (χ3v) is 5.42. The molecule has 29 heavy (non-hydrogen) atoms. The van der Waals surface area contributed by atoms with Gasteiger partial charge in [-0.25, -0.2) is 0 Å². The molecule has 2 aromatic carbocycles. The van der Waals surface area contributed by atoms with Crippen molar-refractivity contribution in [3.63, 3.8) is 0 Å². The summed E-state index contributed by atoms with van der Waals surface area (Å²) in [6.07, 6.45) is 4.03. The van der Waals surface area contributed by atoms with E-state index in [0.29, 0.717) is 22.2 Å². The molecule has 0 heterocycles. The number of benzene rings is 2. The van der Waals surface area contributed by atoms with Gasteiger partial charge in [0.2, 0.25) is 5.91 Å². The maximum absolute atomic E-state index is 12.7. The number of hydrogen-bond donors (Lipinski definition) is 2. The molecule has 0 spiro atoms. The Morgan fingerprint density at radius 2 is 1.59 bits per heavy atom. The molecule has 0 saturated carbocycles. The quantitative estimate of drug-likeness (QED) is 0.707. The van der Waals surface area contributed by atoms with E-state index in [0.717, 1.165) is 0 Å². The predicted octanol–water partition coefficient (Wildman–Crippen LogP) is 3.52. The van der Waals surface area contributed by atoms with E-state index in [-0.39, 0.29) is 17.7 Å². The van der Waals surface area contributed by atoms with Gasteiger partial charge >= 0.3 is 0 Å². The minimum absolute atomic E-state index is 0.225. The van der Waals surface area contributed by atoms with Crippen LogP contribution in [0.25, 0.3) is 0 Å². The molecule has 2 atom stereocenters. The molecule has 2 aromatic rings. The van der Waals surface area contributed by atoms with Crippen molar-refractivity contribution >= 4 is 52.4 Å². The lowest BCUT2D eigenvalue weighted by Crippen LogP contribution is -2.41. The lowest BCUT2D eigenvalue weighted by atomic mass is 9.82. The summed E-state index contributed by atoms with van der Waals surface area (Å²) in [5, 5.41) is 17.4. The minimum Gasteiger partial charge on any atom is -0.550 e. The lowest BCUT2D eigenvalue weighted by Gasteiger charge is -2.28. The van der Waals surface area contributed by atoms with Crippen LogP contribution in [0.1, 0.15) is 23.2 Å². The molecule has 1 aliphatic rings. The molecule has 6 nitrogen and oxygen atoms in total. The van der Waals surface area contributed by atoms with Crippen molar-refractivity contribution in [3.05, 3.63) is 70.2 Å². The molecule has 2 N–H and O–H groups in total. The largest absolute Gasteiger partial charge is 0.550 e. The molecule has 0 radical (unpaired) electrons. The summed E-state index contributed by atoms with van der Waals surface area (Å²) < 4.78 is 0. The number of amides is 2. The standard InChI is InChI=1S/C21H18Cl2N2O4/c22-16-10-9-12(11-17(16)23)24-20(27)15-7-3-4-8-18(15)25-19(26)13-5-1-2-6-14(13)21(28)29/h1-4,7-11,13-14H,5-6H2,(H,24,27)(H,25,26)(H,28,29)/p-1. The topological polar surface area (TPSA) is 98.3 Å². The fourth-order valence-electron chi connectivity index (χ4n) is 3.15. The summed E-state index contributed by atoms with van der Waals surface area (Å²) in [7, 11) is 0. The summed E-state index contributed by atoms with van der Waals surface area (Å²) in [5.41, 5.74) is 0.949. The second kappa shape index (κ2) is 9.11. The Morgan fingerprint density at radius 1 is 0.897 bits per heavy atom. The fraction of sp³-hybridized carbons (Fsp3) is 0.190. The zero-order valence-corrected chi connectivity index (χ0v) is 16.7. The van der Waals surface area contributed by atoms with Crippen LogP contribution >= 0.6 is 23.2 Å². The highest BCUT2D eigenvalue weighted by molar-refractivity contribution is 6.42. The number of allylic oxidation sites excluding steroid dienone is 2. The van der Waals surface area contributed by atoms with Crippen molar-refractivity contribution in [1.29, 1.82) is 0 Å². The molecule has 2 unspecified atom stereocenters. The Morgan fingerprint density at radius 3 is 2.28 bits per heavy atom. The molecule has 8 heteroatoms. The highest BCUT2D eigenvalue weighted by atomic mass is 35.5. The van der Waals surface area contributed by atoms with Crippen LogP contribution in [0.15, 0.2) is 54.6 Å². The van der Waals surface area contributed by atoms with Gasteiger partial charge in [0.15, 0.2) is 0 Å². The molecular weight excluding hydrogens is 415 g/mol. The van der Waals surface area contributed by atoms with Crippen LogP contribution in [0, 0.1) is 11.8 Å². The van der Waals surface area contributed by atoms with Crippen molar-refractivity contribution in [2.75, 3.05) is 10.6 Å². The van der Waals surface area contributed by atoms with E-state index in [9.17, 15) is 19.5 Å². The number of aliphatic carboxylic acids is 1. The average Bonchev–Trinajstić information content (AvgIpc) is 2.71. The molecule has 3 rings (SSSR count). The van der Waals surface area contributed by atoms with Crippen molar-refractivity contribution < 1.29 is 19.5 Å². The summed E-state index contributed by atoms with van der Waals surface area (Å²) in [4.78, 5) is 36.7. The Labute approximate surface area is 177 Å². The zero-order valence-electron chi connectivity index (χ0n) is 15.2. The first-order valence-corrected chi connectivity index (χ1v) is 9.64. The number of carboxylic acids is 1. The van der Waals surface area contributed by atoms with Gasteiger partial charge in [-0.2, -0.15) is 0 Å². The van der Waals surface area contributed by atoms with E-state index >= 15 is 0 Å². The van der Waals surface area contributed by atoms with Crippen molar-refractivity contribution in [3.8, 4) is 0 Å². The van der Waals surface area contributed by atoms with Crippen LogP contribution in [-0.4, -0.2) is 17.8 Å². The Bertz CT molecular complexity index is 990. The lowest BCUT2D eigenvalue weighted by molar-refractivity contribution is -0.313. The van der Waals surface area contributed by atoms with Gasteiger partial charge in [0, 0.05) is 17.6 Å². The monoisotopic (exact) mass is 431 g/mol. The van der Waals surface area contributed by atoms with Gasteiger partial charge in [-0.1, -0.05) is 47.5 Å². The predicted molar refractivity (Wildman–Crippen MR) is 110 cm³/mol. The highest BCUT2D eigenvalue weighted by Crippen LogP contribution is 2.28. The van der Waals surface area contributed by atoms with Crippen LogP contribution in [0.5, 0.6) is 0 Å². The van der Waals surface area contributed by atoms with E-state index in [4.69, 9.17) is 23.2 Å². The number of halogens is 2. The molecule has 2 amide bonds. The first kappa shape index (κ1) is 20.9. The minimum atomic E-state index is -1.26. The molecular formula is C21H17Cl2N2O4-. The number of para-hydroxylation sites is 1. The zero-order chi connectivity index (χ0) is 21.0. The van der Waals surface area contributed by atoms with Crippen LogP contribution in [0.4, 0.5) is 11.4 Å². The average molecular weight is 432 g/mol. The van der Waals surface area contributed by atoms with E-state index in [2.05, 4.69) is 10.6 Å². The Kier molecular flexibility index (Phi) is 6.56. The normalized spacial score (nSPS) is 18.1. The third kappa shape index (κ3) is 4.96. The maximum Gasteiger partial charge on any atom is 0.257 e. The van der Waals surface area contributed by atoms with E-state index < -0.39 is 29.6 Å². The third-order valence-electron chi connectivity index (χ3n) is 4.68. The summed E-state index contributed by atoms with van der Waals surface area (Å²) in [6, 6.07) is 11.1. The SMILES string of the molecule is O=C(Nc1ccc(Cl)c(Cl)c1)c1ccccc1NC(=O)C1CC=CCC1C(=O)[O-]. The second-order valence-electron chi connectivity index (χ2n) is 6.59. The van der Waals surface area contributed by atoms with Gasteiger partial charge in [-0.15, -0.1) is 0 Å². The van der Waals surface area contributed by atoms with Crippen LogP contribution in [0.3, 0.4) is 0 Å². The molecule has 0 aliphatic heterocycles. The molecule has 0 bridgehead atoms. The highest BCUT2D eigenvalue weighted by Gasteiger charge is 2.30. The molecule has 0 aromatic heterocycles. The number of carbonyl (C=O) groups excluding carboxylic acids is 3. The van der Waals surface area contributed by atoms with Crippen molar-refractivity contribution in [2.24, 2.45) is 11.8 Å². The van der Waals surface area contributed by atoms with Gasteiger partial charge in [0.1, 0.15) is 0 Å². The molecule has 0 saturated heterocycles. The van der Waals surface area contributed by atoms with Crippen LogP contribution < -0.4 is 15.7 Å². The first-order chi connectivity index (χ1) is 13.9. The second-order valence-corrected chi connectivity index (χ2v) is 7.41. The number of carbonyl (C=O) groups is 3. The van der Waals surface area contributed by atoms with Crippen LogP contribution in [0.2, 0.25) is 10.0 Å². The van der Waals surface area contributed by atoms with Gasteiger partial charge in [0.05, 0.1) is 27.2 Å². The van der Waals surface area contributed by atoms with Crippen LogP contribution in [-0.2, 0) is 9.59 Å². The van der Waals surface area contributed by atoms with Gasteiger partial charge in [-0.05, 0) is 43.2 Å². The van der Waals surface area contributed by atoms with Gasteiger partial charge in [0.25, 0.3) is 5.91 Å². The number of rotatable bonds is 5. The maximum atomic E-state index is 12.7. The Balaban J connectivity index is 1.78. The van der Waals surface area contributed by atoms with E-state index in [1.807, 2.05) is 0 Å². The molecule has 1 aliphatic carbocycles.